The largest absolute Gasteiger partial charge is 0.476 e. The normalized spacial score (nSPS) is 14.7. The molecule has 0 amide bonds. The van der Waals surface area contributed by atoms with Crippen LogP contribution in [0, 0.1) is 6.92 Å². The lowest BCUT2D eigenvalue weighted by molar-refractivity contribution is 0.143. The molecular weight excluding hydrogens is 362 g/mol. The molecule has 0 saturated heterocycles. The summed E-state index contributed by atoms with van der Waals surface area (Å²) in [7, 11) is 0. The van der Waals surface area contributed by atoms with E-state index in [2.05, 4.69) is 20.1 Å². The number of fused-ring (bicyclic) bond motifs is 1. The molecule has 0 saturated carbocycles. The van der Waals surface area contributed by atoms with Gasteiger partial charge in [-0.15, -0.1) is 11.3 Å². The molecule has 0 bridgehead atoms. The lowest BCUT2D eigenvalue weighted by atomic mass is 10.1. The third kappa shape index (κ3) is 3.66. The fraction of sp³-hybridized carbons (Fsp3) is 0.316. The molecule has 1 aliphatic heterocycles. The maximum atomic E-state index is 5.63. The lowest BCUT2D eigenvalue weighted by Gasteiger charge is -2.17. The van der Waals surface area contributed by atoms with Gasteiger partial charge >= 0.3 is 0 Å². The van der Waals surface area contributed by atoms with Gasteiger partial charge in [-0.3, -0.25) is 4.98 Å². The van der Waals surface area contributed by atoms with Gasteiger partial charge in [-0.25, -0.2) is 15.0 Å². The second-order valence-corrected chi connectivity index (χ2v) is 7.05. The number of aromatic nitrogens is 4. The first-order valence-corrected chi connectivity index (χ1v) is 9.65. The number of hydrogen-bond donors (Lipinski definition) is 0. The Kier molecular flexibility index (Phi) is 5.06. The van der Waals surface area contributed by atoms with Gasteiger partial charge in [-0.05, 0) is 25.5 Å². The van der Waals surface area contributed by atoms with Crippen LogP contribution in [0.5, 0.6) is 5.88 Å². The molecule has 138 valence electrons. The van der Waals surface area contributed by atoms with E-state index in [0.29, 0.717) is 31.2 Å². The Labute approximate surface area is 161 Å². The Morgan fingerprint density at radius 2 is 2.22 bits per heavy atom. The smallest absolute Gasteiger partial charge is 0.242 e. The van der Waals surface area contributed by atoms with Gasteiger partial charge in [0.1, 0.15) is 23.0 Å². The van der Waals surface area contributed by atoms with Crippen molar-refractivity contribution in [2.75, 3.05) is 13.2 Å². The van der Waals surface area contributed by atoms with Crippen LogP contribution in [0.25, 0.3) is 21.1 Å². The zero-order valence-corrected chi connectivity index (χ0v) is 16.0. The van der Waals surface area contributed by atoms with Crippen molar-refractivity contribution in [1.29, 1.82) is 0 Å². The molecule has 27 heavy (non-hydrogen) atoms. The summed E-state index contributed by atoms with van der Waals surface area (Å²) in [6.07, 6.45) is 6.84. The summed E-state index contributed by atoms with van der Waals surface area (Å²) < 4.78 is 5.63. The predicted molar refractivity (Wildman–Crippen MR) is 104 cm³/mol. The lowest BCUT2D eigenvalue weighted by Crippen LogP contribution is -2.19. The Hall–Kier alpha value is -2.87. The first-order chi connectivity index (χ1) is 13.3. The highest BCUT2D eigenvalue weighted by molar-refractivity contribution is 7.18. The van der Waals surface area contributed by atoms with E-state index in [1.165, 1.54) is 0 Å². The van der Waals surface area contributed by atoms with Gasteiger partial charge in [0.25, 0.3) is 0 Å². The zero-order valence-electron chi connectivity index (χ0n) is 15.2. The van der Waals surface area contributed by atoms with E-state index < -0.39 is 0 Å². The van der Waals surface area contributed by atoms with Crippen LogP contribution in [0.4, 0.5) is 0 Å². The predicted octanol–water partition coefficient (Wildman–Crippen LogP) is 3.88. The van der Waals surface area contributed by atoms with Crippen LogP contribution >= 0.6 is 11.3 Å². The van der Waals surface area contributed by atoms with Gasteiger partial charge in [0.2, 0.25) is 5.88 Å². The average Bonchev–Trinajstić information content (AvgIpc) is 3.10. The fourth-order valence-electron chi connectivity index (χ4n) is 2.69. The van der Waals surface area contributed by atoms with E-state index in [4.69, 9.17) is 14.6 Å². The van der Waals surface area contributed by atoms with E-state index in [0.717, 1.165) is 39.0 Å². The number of hydrogen-bond acceptors (Lipinski definition) is 8. The van der Waals surface area contributed by atoms with Gasteiger partial charge in [-0.1, -0.05) is 12.1 Å². The van der Waals surface area contributed by atoms with Crippen molar-refractivity contribution in [2.24, 2.45) is 5.16 Å². The summed E-state index contributed by atoms with van der Waals surface area (Å²) >= 11 is 1.57. The van der Waals surface area contributed by atoms with Crippen molar-refractivity contribution in [3.63, 3.8) is 0 Å². The molecule has 0 aromatic carbocycles. The Balaban J connectivity index is 1.71. The monoisotopic (exact) mass is 381 g/mol. The minimum absolute atomic E-state index is 0.499. The topological polar surface area (TPSA) is 82.4 Å². The van der Waals surface area contributed by atoms with Crippen LogP contribution in [0.3, 0.4) is 0 Å². The summed E-state index contributed by atoms with van der Waals surface area (Å²) in [5.41, 5.74) is 4.07. The number of thiazole rings is 1. The van der Waals surface area contributed by atoms with Crippen LogP contribution < -0.4 is 4.74 Å². The SMILES string of the molecule is CCCON=C1CCOc2ncc(-c3sc(-c4cccnc4)nc3C)nc21. The molecule has 4 heterocycles. The van der Waals surface area contributed by atoms with Gasteiger partial charge < -0.3 is 9.57 Å². The summed E-state index contributed by atoms with van der Waals surface area (Å²) in [4.78, 5) is 24.4. The number of pyridine rings is 1. The molecular formula is C19H19N5O2S. The van der Waals surface area contributed by atoms with E-state index in [-0.39, 0.29) is 0 Å². The average molecular weight is 381 g/mol. The first kappa shape index (κ1) is 17.5. The number of rotatable bonds is 5. The molecule has 0 radical (unpaired) electrons. The van der Waals surface area contributed by atoms with Crippen molar-refractivity contribution in [3.8, 4) is 27.0 Å². The van der Waals surface area contributed by atoms with Crippen LogP contribution in [0.2, 0.25) is 0 Å². The molecule has 7 nitrogen and oxygen atoms in total. The standard InChI is InChI=1S/C19H19N5O2S/c1-3-8-26-24-14-6-9-25-18-16(14)23-15(11-21-18)17-12(2)22-19(27-17)13-5-4-7-20-10-13/h4-5,7,10-11H,3,6,8-9H2,1-2H3. The second kappa shape index (κ2) is 7.79. The minimum atomic E-state index is 0.499. The molecule has 0 atom stereocenters. The minimum Gasteiger partial charge on any atom is -0.476 e. The number of nitrogens with zero attached hydrogens (tertiary/aromatic N) is 5. The van der Waals surface area contributed by atoms with E-state index >= 15 is 0 Å². The third-order valence-corrected chi connectivity index (χ3v) is 5.23. The van der Waals surface area contributed by atoms with Crippen molar-refractivity contribution < 1.29 is 9.57 Å². The molecule has 3 aromatic heterocycles. The maximum absolute atomic E-state index is 5.63. The molecule has 0 unspecified atom stereocenters. The fourth-order valence-corrected chi connectivity index (χ4v) is 3.71. The van der Waals surface area contributed by atoms with Gasteiger partial charge in [-0.2, -0.15) is 0 Å². The highest BCUT2D eigenvalue weighted by atomic mass is 32.1. The van der Waals surface area contributed by atoms with E-state index in [1.54, 1.807) is 23.7 Å². The maximum Gasteiger partial charge on any atom is 0.242 e. The molecule has 0 aliphatic carbocycles. The molecule has 0 fully saturated rings. The highest BCUT2D eigenvalue weighted by Crippen LogP contribution is 2.35. The van der Waals surface area contributed by atoms with Crippen molar-refractivity contribution in [3.05, 3.63) is 42.1 Å². The number of ether oxygens (including phenoxy) is 1. The number of aryl methyl sites for hydroxylation is 1. The van der Waals surface area contributed by atoms with Crippen LogP contribution in [0.1, 0.15) is 31.2 Å². The van der Waals surface area contributed by atoms with Gasteiger partial charge in [0.05, 0.1) is 23.4 Å². The number of oxime groups is 1. The molecule has 0 N–H and O–H groups in total. The van der Waals surface area contributed by atoms with E-state index in [1.807, 2.05) is 32.2 Å². The Bertz CT molecular complexity index is 971. The Morgan fingerprint density at radius 3 is 3.04 bits per heavy atom. The Morgan fingerprint density at radius 1 is 1.30 bits per heavy atom. The molecule has 3 aromatic rings. The van der Waals surface area contributed by atoms with Crippen molar-refractivity contribution in [1.82, 2.24) is 19.9 Å². The van der Waals surface area contributed by atoms with Crippen molar-refractivity contribution in [2.45, 2.75) is 26.7 Å². The second-order valence-electron chi connectivity index (χ2n) is 6.05. The van der Waals surface area contributed by atoms with Gasteiger partial charge in [0.15, 0.2) is 5.69 Å². The summed E-state index contributed by atoms with van der Waals surface area (Å²) in [5.74, 6) is 0.499. The van der Waals surface area contributed by atoms with Gasteiger partial charge in [0, 0.05) is 24.4 Å². The molecule has 1 aliphatic rings. The zero-order chi connectivity index (χ0) is 18.6. The summed E-state index contributed by atoms with van der Waals surface area (Å²) in [6, 6.07) is 3.90. The molecule has 0 spiro atoms. The third-order valence-electron chi connectivity index (χ3n) is 4.00. The molecule has 8 heteroatoms. The molecule has 4 rings (SSSR count). The quantitative estimate of drug-likeness (QED) is 0.493. The van der Waals surface area contributed by atoms with Crippen molar-refractivity contribution >= 4 is 17.0 Å². The van der Waals surface area contributed by atoms with Crippen LogP contribution in [0.15, 0.2) is 35.9 Å². The van der Waals surface area contributed by atoms with Crippen LogP contribution in [-0.4, -0.2) is 38.9 Å². The van der Waals surface area contributed by atoms with Crippen LogP contribution in [-0.2, 0) is 4.84 Å². The summed E-state index contributed by atoms with van der Waals surface area (Å²) in [6.45, 7) is 5.13. The first-order valence-electron chi connectivity index (χ1n) is 8.83. The van der Waals surface area contributed by atoms with E-state index in [9.17, 15) is 0 Å². The summed E-state index contributed by atoms with van der Waals surface area (Å²) in [5, 5.41) is 5.15. The highest BCUT2D eigenvalue weighted by Gasteiger charge is 2.23.